The number of nitrogens with zero attached hydrogens (tertiary/aromatic N) is 5. The average molecular weight is 385 g/mol. The number of halogens is 2. The molecule has 0 amide bonds. The lowest BCUT2D eigenvalue weighted by Gasteiger charge is -2.31. The monoisotopic (exact) mass is 385 g/mol. The molecule has 1 saturated heterocycles. The van der Waals surface area contributed by atoms with Crippen LogP contribution in [0.25, 0.3) is 17.1 Å². The molecule has 0 atom stereocenters. The number of pyridine rings is 2. The van der Waals surface area contributed by atoms with Gasteiger partial charge in [-0.15, -0.1) is 5.10 Å². The first-order valence-corrected chi connectivity index (χ1v) is 8.87. The number of aryl methyl sites for hydroxylation is 1. The van der Waals surface area contributed by atoms with E-state index in [0.717, 1.165) is 22.6 Å². The van der Waals surface area contributed by atoms with Gasteiger partial charge in [0.2, 0.25) is 0 Å². The highest BCUT2D eigenvalue weighted by atomic mass is 19.3. The molecular formula is C20H21F2N5O. The zero-order valence-electron chi connectivity index (χ0n) is 15.6. The van der Waals surface area contributed by atoms with Gasteiger partial charge in [-0.05, 0) is 30.7 Å². The number of anilines is 1. The van der Waals surface area contributed by atoms with E-state index in [2.05, 4.69) is 15.1 Å². The van der Waals surface area contributed by atoms with E-state index < -0.39 is 5.92 Å². The van der Waals surface area contributed by atoms with Crippen LogP contribution in [0.1, 0.15) is 18.4 Å². The van der Waals surface area contributed by atoms with Crippen molar-refractivity contribution in [3.63, 3.8) is 0 Å². The second-order valence-electron chi connectivity index (χ2n) is 6.57. The highest BCUT2D eigenvalue weighted by molar-refractivity contribution is 5.63. The van der Waals surface area contributed by atoms with E-state index in [1.54, 1.807) is 23.3 Å². The normalized spacial score (nSPS) is 15.6. The van der Waals surface area contributed by atoms with E-state index in [9.17, 15) is 8.78 Å². The molecule has 0 bridgehead atoms. The van der Waals surface area contributed by atoms with Crippen LogP contribution in [0.15, 0.2) is 48.9 Å². The zero-order chi connectivity index (χ0) is 20.1. The van der Waals surface area contributed by atoms with Gasteiger partial charge in [-0.25, -0.2) is 13.5 Å². The van der Waals surface area contributed by atoms with Crippen LogP contribution in [-0.2, 0) is 4.79 Å². The van der Waals surface area contributed by atoms with Crippen molar-refractivity contribution in [2.45, 2.75) is 25.7 Å². The first-order chi connectivity index (χ1) is 13.5. The first kappa shape index (κ1) is 19.6. The number of aromatic nitrogens is 4. The summed E-state index contributed by atoms with van der Waals surface area (Å²) in [7, 11) is 0. The van der Waals surface area contributed by atoms with Crippen molar-refractivity contribution in [3.8, 4) is 17.1 Å². The molecule has 146 valence electrons. The molecule has 0 spiro atoms. The van der Waals surface area contributed by atoms with E-state index in [0.29, 0.717) is 5.82 Å². The molecule has 0 unspecified atom stereocenters. The zero-order valence-corrected chi connectivity index (χ0v) is 15.6. The van der Waals surface area contributed by atoms with E-state index in [-0.39, 0.29) is 25.9 Å². The number of hydrogen-bond acceptors (Lipinski definition) is 5. The van der Waals surface area contributed by atoms with Gasteiger partial charge in [0.1, 0.15) is 6.79 Å². The van der Waals surface area contributed by atoms with E-state index in [4.69, 9.17) is 4.79 Å². The number of alkyl halides is 2. The molecule has 3 aromatic heterocycles. The number of carbonyl (C=O) groups is 1. The van der Waals surface area contributed by atoms with Crippen molar-refractivity contribution < 1.29 is 13.6 Å². The fourth-order valence-electron chi connectivity index (χ4n) is 3.06. The van der Waals surface area contributed by atoms with Gasteiger partial charge in [-0.3, -0.25) is 9.97 Å². The Morgan fingerprint density at radius 1 is 1.11 bits per heavy atom. The Balaban J connectivity index is 0.00000109. The SMILES string of the molecule is C=O.Cc1ccc(-c2cc(N3CCC(F)(F)CC3)nn2-c2cccnc2)nc1. The molecule has 1 aliphatic rings. The molecule has 4 heterocycles. The Morgan fingerprint density at radius 3 is 2.46 bits per heavy atom. The molecule has 0 saturated carbocycles. The van der Waals surface area contributed by atoms with Gasteiger partial charge < -0.3 is 9.69 Å². The van der Waals surface area contributed by atoms with Gasteiger partial charge >= 0.3 is 0 Å². The van der Waals surface area contributed by atoms with Gasteiger partial charge in [0.15, 0.2) is 5.82 Å². The molecular weight excluding hydrogens is 364 g/mol. The molecule has 0 radical (unpaired) electrons. The van der Waals surface area contributed by atoms with E-state index in [1.165, 1.54) is 0 Å². The standard InChI is InChI=1S/C19H19F2N5.CH2O/c1-14-4-5-16(23-12-14)17-11-18(25-9-6-19(20,21)7-10-25)24-26(17)15-3-2-8-22-13-15;1-2/h2-5,8,11-13H,6-7,9-10H2,1H3;1H2. The third-order valence-corrected chi connectivity index (χ3v) is 4.58. The van der Waals surface area contributed by atoms with Crippen LogP contribution in [0.5, 0.6) is 0 Å². The van der Waals surface area contributed by atoms with Crippen LogP contribution in [0, 0.1) is 6.92 Å². The van der Waals surface area contributed by atoms with Crippen molar-refractivity contribution in [1.82, 2.24) is 19.7 Å². The van der Waals surface area contributed by atoms with Crippen molar-refractivity contribution in [2.24, 2.45) is 0 Å². The quantitative estimate of drug-likeness (QED) is 0.688. The summed E-state index contributed by atoms with van der Waals surface area (Å²) in [6.07, 6.45) is 4.93. The van der Waals surface area contributed by atoms with Crippen LogP contribution in [0.3, 0.4) is 0 Å². The Kier molecular flexibility index (Phi) is 5.77. The first-order valence-electron chi connectivity index (χ1n) is 8.87. The maximum atomic E-state index is 13.5. The molecule has 28 heavy (non-hydrogen) atoms. The summed E-state index contributed by atoms with van der Waals surface area (Å²) < 4.78 is 28.7. The molecule has 3 aromatic rings. The lowest BCUT2D eigenvalue weighted by molar-refractivity contribution is -0.0980. The lowest BCUT2D eigenvalue weighted by atomic mass is 10.1. The van der Waals surface area contributed by atoms with Crippen LogP contribution in [0.4, 0.5) is 14.6 Å². The van der Waals surface area contributed by atoms with Crippen molar-refractivity contribution in [1.29, 1.82) is 0 Å². The smallest absolute Gasteiger partial charge is 0.251 e. The third kappa shape index (κ3) is 4.21. The Bertz CT molecular complexity index is 902. The van der Waals surface area contributed by atoms with Crippen molar-refractivity contribution >= 4 is 12.6 Å². The average Bonchev–Trinajstić information content (AvgIpc) is 3.16. The molecule has 0 aliphatic carbocycles. The molecule has 0 aromatic carbocycles. The molecule has 4 rings (SSSR count). The largest absolute Gasteiger partial charge is 0.355 e. The summed E-state index contributed by atoms with van der Waals surface area (Å²) in [4.78, 5) is 18.6. The maximum absolute atomic E-state index is 13.5. The van der Waals surface area contributed by atoms with Crippen LogP contribution < -0.4 is 4.90 Å². The summed E-state index contributed by atoms with van der Waals surface area (Å²) in [5.74, 6) is -1.90. The highest BCUT2D eigenvalue weighted by Gasteiger charge is 2.35. The number of carbonyl (C=O) groups excluding carboxylic acids is 1. The predicted octanol–water partition coefficient (Wildman–Crippen LogP) is 3.69. The number of rotatable bonds is 3. The van der Waals surface area contributed by atoms with E-state index >= 15 is 0 Å². The Labute approximate surface area is 161 Å². The fraction of sp³-hybridized carbons (Fsp3) is 0.300. The topological polar surface area (TPSA) is 63.9 Å². The van der Waals surface area contributed by atoms with Gasteiger partial charge in [-0.2, -0.15) is 0 Å². The van der Waals surface area contributed by atoms with Crippen LogP contribution >= 0.6 is 0 Å². The van der Waals surface area contributed by atoms with E-state index in [1.807, 2.05) is 48.9 Å². The Hall–Kier alpha value is -3.16. The highest BCUT2D eigenvalue weighted by Crippen LogP contribution is 2.32. The second-order valence-corrected chi connectivity index (χ2v) is 6.57. The van der Waals surface area contributed by atoms with Gasteiger partial charge in [0, 0.05) is 44.4 Å². The predicted molar refractivity (Wildman–Crippen MR) is 103 cm³/mol. The molecule has 1 fully saturated rings. The molecule has 0 N–H and O–H groups in total. The lowest BCUT2D eigenvalue weighted by Crippen LogP contribution is -2.39. The summed E-state index contributed by atoms with van der Waals surface area (Å²) in [6, 6.07) is 9.59. The van der Waals surface area contributed by atoms with Crippen molar-refractivity contribution in [2.75, 3.05) is 18.0 Å². The van der Waals surface area contributed by atoms with Crippen LogP contribution in [0.2, 0.25) is 0 Å². The number of piperidine rings is 1. The van der Waals surface area contributed by atoms with Gasteiger partial charge in [0.05, 0.1) is 23.3 Å². The molecule has 8 heteroatoms. The third-order valence-electron chi connectivity index (χ3n) is 4.58. The van der Waals surface area contributed by atoms with Crippen LogP contribution in [-0.4, -0.2) is 45.5 Å². The van der Waals surface area contributed by atoms with Crippen molar-refractivity contribution in [3.05, 3.63) is 54.5 Å². The Morgan fingerprint density at radius 2 is 1.86 bits per heavy atom. The summed E-state index contributed by atoms with van der Waals surface area (Å²) in [6.45, 7) is 4.56. The maximum Gasteiger partial charge on any atom is 0.251 e. The second kappa shape index (κ2) is 8.24. The minimum atomic E-state index is -2.58. The fourth-order valence-corrected chi connectivity index (χ4v) is 3.06. The minimum Gasteiger partial charge on any atom is -0.355 e. The molecule has 6 nitrogen and oxygen atoms in total. The molecule has 1 aliphatic heterocycles. The van der Waals surface area contributed by atoms with Gasteiger partial charge in [0.25, 0.3) is 5.92 Å². The summed E-state index contributed by atoms with van der Waals surface area (Å²) in [5, 5.41) is 4.67. The van der Waals surface area contributed by atoms with Gasteiger partial charge in [-0.1, -0.05) is 6.07 Å². The minimum absolute atomic E-state index is 0.148. The summed E-state index contributed by atoms with van der Waals surface area (Å²) in [5.41, 5.74) is 3.46. The number of hydrogen-bond donors (Lipinski definition) is 0. The summed E-state index contributed by atoms with van der Waals surface area (Å²) >= 11 is 0.